The van der Waals surface area contributed by atoms with Gasteiger partial charge in [0.25, 0.3) is 0 Å². The maximum atomic E-state index is 12.1. The van der Waals surface area contributed by atoms with Crippen LogP contribution in [0.5, 0.6) is 0 Å². The lowest BCUT2D eigenvalue weighted by Gasteiger charge is -2.05. The largest absolute Gasteiger partial charge is 0.309 e. The highest BCUT2D eigenvalue weighted by Gasteiger charge is 2.12. The minimum Gasteiger partial charge on any atom is -0.309 e. The first-order chi connectivity index (χ1) is 10.2. The third-order valence-corrected chi connectivity index (χ3v) is 3.95. The third-order valence-electron chi connectivity index (χ3n) is 3.95. The van der Waals surface area contributed by atoms with Gasteiger partial charge in [-0.25, -0.2) is 0 Å². The summed E-state index contributed by atoms with van der Waals surface area (Å²) in [5, 5.41) is 9.92. The zero-order chi connectivity index (χ0) is 14.7. The van der Waals surface area contributed by atoms with Crippen LogP contribution < -0.4 is 5.32 Å². The molecule has 21 heavy (non-hydrogen) atoms. The van der Waals surface area contributed by atoms with E-state index < -0.39 is 0 Å². The summed E-state index contributed by atoms with van der Waals surface area (Å²) in [6.45, 7) is 2.12. The number of benzene rings is 1. The Bertz CT molecular complexity index is 645. The van der Waals surface area contributed by atoms with Crippen molar-refractivity contribution in [3.8, 4) is 0 Å². The van der Waals surface area contributed by atoms with Crippen molar-refractivity contribution < 1.29 is 4.79 Å². The number of hydrogen-bond acceptors (Lipinski definition) is 2. The summed E-state index contributed by atoms with van der Waals surface area (Å²) < 4.78 is 0. The number of nitrogens with zero attached hydrogens (tertiary/aromatic N) is 1. The SMILES string of the molecule is CCCc1cc(NC(=O)Cc2ccc3c(c2)CCC3)n[nH]1. The molecule has 0 radical (unpaired) electrons. The Kier molecular flexibility index (Phi) is 4.04. The molecule has 1 aliphatic carbocycles. The first-order valence-electron chi connectivity index (χ1n) is 7.69. The smallest absolute Gasteiger partial charge is 0.229 e. The number of aromatic amines is 1. The van der Waals surface area contributed by atoms with Gasteiger partial charge in [-0.15, -0.1) is 0 Å². The van der Waals surface area contributed by atoms with Crippen LogP contribution in [0.2, 0.25) is 0 Å². The van der Waals surface area contributed by atoms with E-state index >= 15 is 0 Å². The molecule has 1 aromatic heterocycles. The molecule has 0 bridgehead atoms. The maximum absolute atomic E-state index is 12.1. The zero-order valence-corrected chi connectivity index (χ0v) is 12.4. The molecule has 2 N–H and O–H groups in total. The summed E-state index contributed by atoms with van der Waals surface area (Å²) in [5.41, 5.74) is 4.99. The molecule has 4 nitrogen and oxygen atoms in total. The molecule has 110 valence electrons. The Morgan fingerprint density at radius 3 is 3.00 bits per heavy atom. The molecule has 0 aliphatic heterocycles. The second-order valence-corrected chi connectivity index (χ2v) is 5.71. The lowest BCUT2D eigenvalue weighted by molar-refractivity contribution is -0.115. The first-order valence-corrected chi connectivity index (χ1v) is 7.69. The Balaban J connectivity index is 1.60. The van der Waals surface area contributed by atoms with Crippen molar-refractivity contribution in [1.82, 2.24) is 10.2 Å². The molecule has 1 amide bonds. The Morgan fingerprint density at radius 1 is 1.29 bits per heavy atom. The van der Waals surface area contributed by atoms with Gasteiger partial charge in [-0.2, -0.15) is 5.10 Å². The number of H-pyrrole nitrogens is 1. The molecular formula is C17H21N3O. The number of fused-ring (bicyclic) bond motifs is 1. The normalized spacial score (nSPS) is 13.2. The molecule has 1 aliphatic rings. The number of anilines is 1. The molecule has 0 unspecified atom stereocenters. The van der Waals surface area contributed by atoms with Crippen LogP contribution in [0.1, 0.15) is 42.1 Å². The number of aryl methyl sites for hydroxylation is 3. The van der Waals surface area contributed by atoms with Crippen LogP contribution in [0.4, 0.5) is 5.82 Å². The molecular weight excluding hydrogens is 262 g/mol. The first kappa shape index (κ1) is 13.9. The van der Waals surface area contributed by atoms with E-state index in [1.165, 1.54) is 24.0 Å². The monoisotopic (exact) mass is 283 g/mol. The van der Waals surface area contributed by atoms with Crippen LogP contribution in [0.15, 0.2) is 24.3 Å². The lowest BCUT2D eigenvalue weighted by Crippen LogP contribution is -2.14. The quantitative estimate of drug-likeness (QED) is 0.886. The number of nitrogens with one attached hydrogen (secondary N) is 2. The van der Waals surface area contributed by atoms with E-state index in [0.717, 1.165) is 30.5 Å². The topological polar surface area (TPSA) is 57.8 Å². The van der Waals surface area contributed by atoms with Gasteiger partial charge >= 0.3 is 0 Å². The van der Waals surface area contributed by atoms with Gasteiger partial charge in [0.1, 0.15) is 0 Å². The van der Waals surface area contributed by atoms with E-state index in [2.05, 4.69) is 40.6 Å². The van der Waals surface area contributed by atoms with Crippen molar-refractivity contribution in [2.45, 2.75) is 45.4 Å². The Hall–Kier alpha value is -2.10. The third kappa shape index (κ3) is 3.32. The molecule has 1 heterocycles. The number of rotatable bonds is 5. The van der Waals surface area contributed by atoms with E-state index in [1.807, 2.05) is 6.07 Å². The number of carbonyl (C=O) groups is 1. The van der Waals surface area contributed by atoms with Gasteiger partial charge in [-0.1, -0.05) is 31.5 Å². The highest BCUT2D eigenvalue weighted by atomic mass is 16.1. The summed E-state index contributed by atoms with van der Waals surface area (Å²) in [5.74, 6) is 0.604. The molecule has 4 heteroatoms. The molecule has 0 atom stereocenters. The van der Waals surface area contributed by atoms with Crippen LogP contribution >= 0.6 is 0 Å². The molecule has 0 fully saturated rings. The minimum atomic E-state index is -0.0116. The summed E-state index contributed by atoms with van der Waals surface area (Å²) in [6.07, 6.45) is 5.97. The summed E-state index contributed by atoms with van der Waals surface area (Å²) >= 11 is 0. The van der Waals surface area contributed by atoms with Gasteiger partial charge in [-0.05, 0) is 42.4 Å². The molecule has 0 saturated heterocycles. The Labute approximate surface area is 125 Å². The van der Waals surface area contributed by atoms with Crippen molar-refractivity contribution >= 4 is 11.7 Å². The van der Waals surface area contributed by atoms with Crippen molar-refractivity contribution in [1.29, 1.82) is 0 Å². The number of amides is 1. The van der Waals surface area contributed by atoms with Gasteiger partial charge in [0.15, 0.2) is 5.82 Å². The molecule has 2 aromatic rings. The van der Waals surface area contributed by atoms with Gasteiger partial charge in [0.05, 0.1) is 6.42 Å². The van der Waals surface area contributed by atoms with Gasteiger partial charge in [-0.3, -0.25) is 9.89 Å². The van der Waals surface area contributed by atoms with Crippen LogP contribution in [-0.2, 0) is 30.5 Å². The predicted octanol–water partition coefficient (Wildman–Crippen LogP) is 3.03. The fraction of sp³-hybridized carbons (Fsp3) is 0.412. The minimum absolute atomic E-state index is 0.0116. The van der Waals surface area contributed by atoms with Crippen molar-refractivity contribution in [2.75, 3.05) is 5.32 Å². The van der Waals surface area contributed by atoms with Gasteiger partial charge < -0.3 is 5.32 Å². The number of carbonyl (C=O) groups excluding carboxylic acids is 1. The van der Waals surface area contributed by atoms with E-state index in [9.17, 15) is 4.79 Å². The van der Waals surface area contributed by atoms with E-state index in [4.69, 9.17) is 0 Å². The molecule has 0 saturated carbocycles. The van der Waals surface area contributed by atoms with Crippen molar-refractivity contribution in [2.24, 2.45) is 0 Å². The maximum Gasteiger partial charge on any atom is 0.229 e. The van der Waals surface area contributed by atoms with Gasteiger partial charge in [0.2, 0.25) is 5.91 Å². The highest BCUT2D eigenvalue weighted by molar-refractivity contribution is 5.91. The number of aromatic nitrogens is 2. The zero-order valence-electron chi connectivity index (χ0n) is 12.4. The van der Waals surface area contributed by atoms with Crippen molar-refractivity contribution in [3.05, 3.63) is 46.6 Å². The van der Waals surface area contributed by atoms with Crippen LogP contribution in [0.3, 0.4) is 0 Å². The summed E-state index contributed by atoms with van der Waals surface area (Å²) in [6, 6.07) is 8.31. The Morgan fingerprint density at radius 2 is 2.14 bits per heavy atom. The highest BCUT2D eigenvalue weighted by Crippen LogP contribution is 2.23. The van der Waals surface area contributed by atoms with Crippen LogP contribution in [0.25, 0.3) is 0 Å². The van der Waals surface area contributed by atoms with Gasteiger partial charge in [0, 0.05) is 11.8 Å². The fourth-order valence-electron chi connectivity index (χ4n) is 2.93. The lowest BCUT2D eigenvalue weighted by atomic mass is 10.0. The van der Waals surface area contributed by atoms with Crippen LogP contribution in [-0.4, -0.2) is 16.1 Å². The second kappa shape index (κ2) is 6.12. The molecule has 3 rings (SSSR count). The average Bonchev–Trinajstić information content (AvgIpc) is 3.08. The van der Waals surface area contributed by atoms with Crippen LogP contribution in [0, 0.1) is 0 Å². The van der Waals surface area contributed by atoms with E-state index in [-0.39, 0.29) is 5.91 Å². The summed E-state index contributed by atoms with van der Waals surface area (Å²) in [4.78, 5) is 12.1. The van der Waals surface area contributed by atoms with E-state index in [1.54, 1.807) is 0 Å². The fourth-order valence-corrected chi connectivity index (χ4v) is 2.93. The number of hydrogen-bond donors (Lipinski definition) is 2. The average molecular weight is 283 g/mol. The standard InChI is InChI=1S/C17H21N3O/c1-2-4-15-11-16(20-19-15)18-17(21)10-12-7-8-13-5-3-6-14(13)9-12/h7-9,11H,2-6,10H2,1H3,(H2,18,19,20,21). The molecule has 1 aromatic carbocycles. The molecule has 0 spiro atoms. The van der Waals surface area contributed by atoms with E-state index in [0.29, 0.717) is 12.2 Å². The predicted molar refractivity (Wildman–Crippen MR) is 83.4 cm³/mol. The van der Waals surface area contributed by atoms with Crippen molar-refractivity contribution in [3.63, 3.8) is 0 Å². The second-order valence-electron chi connectivity index (χ2n) is 5.71. The summed E-state index contributed by atoms with van der Waals surface area (Å²) in [7, 11) is 0.